The highest BCUT2D eigenvalue weighted by molar-refractivity contribution is 5.79. The minimum atomic E-state index is 0.114. The van der Waals surface area contributed by atoms with Crippen molar-refractivity contribution in [3.05, 3.63) is 23.8 Å². The first kappa shape index (κ1) is 14.4. The van der Waals surface area contributed by atoms with E-state index in [1.807, 2.05) is 30.9 Å². The lowest BCUT2D eigenvalue weighted by molar-refractivity contribution is -0.130. The van der Waals surface area contributed by atoms with Crippen molar-refractivity contribution in [2.45, 2.75) is 20.3 Å². The van der Waals surface area contributed by atoms with E-state index in [-0.39, 0.29) is 5.91 Å². The molecular formula is C14H21NO3. The summed E-state index contributed by atoms with van der Waals surface area (Å²) in [6.45, 7) is 5.42. The second-order valence-electron chi connectivity index (χ2n) is 3.92. The summed E-state index contributed by atoms with van der Waals surface area (Å²) in [7, 11) is 3.20. The molecule has 4 heteroatoms. The summed E-state index contributed by atoms with van der Waals surface area (Å²) >= 11 is 0. The van der Waals surface area contributed by atoms with Gasteiger partial charge in [-0.25, -0.2) is 0 Å². The zero-order chi connectivity index (χ0) is 13.5. The van der Waals surface area contributed by atoms with Crippen LogP contribution in [0, 0.1) is 0 Å². The molecule has 0 fully saturated rings. The predicted octanol–water partition coefficient (Wildman–Crippen LogP) is 2.11. The van der Waals surface area contributed by atoms with Crippen molar-refractivity contribution in [2.24, 2.45) is 0 Å². The van der Waals surface area contributed by atoms with Crippen LogP contribution in [-0.4, -0.2) is 38.1 Å². The molecule has 0 saturated heterocycles. The van der Waals surface area contributed by atoms with Crippen molar-refractivity contribution in [1.29, 1.82) is 0 Å². The molecule has 100 valence electrons. The molecule has 4 nitrogen and oxygen atoms in total. The maximum Gasteiger partial charge on any atom is 0.227 e. The number of rotatable bonds is 6. The normalized spacial score (nSPS) is 10.0. The van der Waals surface area contributed by atoms with Crippen LogP contribution in [0.5, 0.6) is 11.5 Å². The standard InChI is InChI=1S/C14H21NO3/c1-5-15(6-2)14(16)9-11-7-8-12(17-3)10-13(11)18-4/h7-8,10H,5-6,9H2,1-4H3. The van der Waals surface area contributed by atoms with Crippen LogP contribution >= 0.6 is 0 Å². The SMILES string of the molecule is CCN(CC)C(=O)Cc1ccc(OC)cc1OC. The van der Waals surface area contributed by atoms with E-state index in [1.54, 1.807) is 20.3 Å². The molecule has 1 amide bonds. The van der Waals surface area contributed by atoms with Crippen molar-refractivity contribution in [3.63, 3.8) is 0 Å². The number of methoxy groups -OCH3 is 2. The van der Waals surface area contributed by atoms with Gasteiger partial charge in [0, 0.05) is 24.7 Å². The first-order valence-electron chi connectivity index (χ1n) is 6.14. The molecule has 0 atom stereocenters. The molecule has 0 N–H and O–H groups in total. The maximum absolute atomic E-state index is 12.0. The highest BCUT2D eigenvalue weighted by atomic mass is 16.5. The molecule has 0 aliphatic rings. The van der Waals surface area contributed by atoms with Gasteiger partial charge in [0.2, 0.25) is 5.91 Å². The zero-order valence-electron chi connectivity index (χ0n) is 11.5. The summed E-state index contributed by atoms with van der Waals surface area (Å²) in [5.41, 5.74) is 0.884. The summed E-state index contributed by atoms with van der Waals surface area (Å²) in [5, 5.41) is 0. The number of likely N-dealkylation sites (N-methyl/N-ethyl adjacent to an activating group) is 1. The van der Waals surface area contributed by atoms with Gasteiger partial charge in [-0.15, -0.1) is 0 Å². The highest BCUT2D eigenvalue weighted by Crippen LogP contribution is 2.25. The Bertz CT molecular complexity index is 400. The molecule has 1 aromatic carbocycles. The van der Waals surface area contributed by atoms with Gasteiger partial charge >= 0.3 is 0 Å². The third kappa shape index (κ3) is 3.39. The number of amides is 1. The lowest BCUT2D eigenvalue weighted by atomic mass is 10.1. The van der Waals surface area contributed by atoms with Crippen molar-refractivity contribution >= 4 is 5.91 Å². The second kappa shape index (κ2) is 6.89. The van der Waals surface area contributed by atoms with E-state index in [0.29, 0.717) is 12.2 Å². The number of carbonyl (C=O) groups excluding carboxylic acids is 1. The van der Waals surface area contributed by atoms with Crippen LogP contribution < -0.4 is 9.47 Å². The van der Waals surface area contributed by atoms with Crippen LogP contribution in [0.1, 0.15) is 19.4 Å². The summed E-state index contributed by atoms with van der Waals surface area (Å²) < 4.78 is 10.4. The van der Waals surface area contributed by atoms with Crippen molar-refractivity contribution in [3.8, 4) is 11.5 Å². The molecule has 0 aliphatic carbocycles. The van der Waals surface area contributed by atoms with E-state index in [4.69, 9.17) is 9.47 Å². The number of hydrogen-bond acceptors (Lipinski definition) is 3. The Hall–Kier alpha value is -1.71. The first-order valence-corrected chi connectivity index (χ1v) is 6.14. The summed E-state index contributed by atoms with van der Waals surface area (Å²) in [6.07, 6.45) is 0.356. The molecule has 0 aromatic heterocycles. The number of nitrogens with zero attached hydrogens (tertiary/aromatic N) is 1. The summed E-state index contributed by atoms with van der Waals surface area (Å²) in [4.78, 5) is 13.8. The van der Waals surface area contributed by atoms with Crippen molar-refractivity contribution < 1.29 is 14.3 Å². The Morgan fingerprint density at radius 3 is 2.33 bits per heavy atom. The Morgan fingerprint density at radius 2 is 1.83 bits per heavy atom. The van der Waals surface area contributed by atoms with Gasteiger partial charge in [-0.2, -0.15) is 0 Å². The van der Waals surface area contributed by atoms with Crippen LogP contribution in [-0.2, 0) is 11.2 Å². The van der Waals surface area contributed by atoms with E-state index < -0.39 is 0 Å². The largest absolute Gasteiger partial charge is 0.497 e. The average Bonchev–Trinajstić information content (AvgIpc) is 2.40. The fourth-order valence-corrected chi connectivity index (χ4v) is 1.85. The predicted molar refractivity (Wildman–Crippen MR) is 71.2 cm³/mol. The van der Waals surface area contributed by atoms with Gasteiger partial charge in [-0.1, -0.05) is 6.07 Å². The molecular weight excluding hydrogens is 230 g/mol. The minimum Gasteiger partial charge on any atom is -0.497 e. The Kier molecular flexibility index (Phi) is 5.49. The van der Waals surface area contributed by atoms with Crippen LogP contribution in [0.2, 0.25) is 0 Å². The van der Waals surface area contributed by atoms with E-state index >= 15 is 0 Å². The maximum atomic E-state index is 12.0. The molecule has 1 aromatic rings. The Balaban J connectivity index is 2.86. The molecule has 0 aliphatic heterocycles. The van der Waals surface area contributed by atoms with Gasteiger partial charge in [-0.3, -0.25) is 4.79 Å². The number of benzene rings is 1. The minimum absolute atomic E-state index is 0.114. The smallest absolute Gasteiger partial charge is 0.227 e. The van der Waals surface area contributed by atoms with E-state index in [0.717, 1.165) is 24.4 Å². The highest BCUT2D eigenvalue weighted by Gasteiger charge is 2.13. The molecule has 1 rings (SSSR count). The molecule has 0 heterocycles. The lowest BCUT2D eigenvalue weighted by Crippen LogP contribution is -2.31. The number of hydrogen-bond donors (Lipinski definition) is 0. The van der Waals surface area contributed by atoms with Crippen LogP contribution in [0.4, 0.5) is 0 Å². The van der Waals surface area contributed by atoms with Crippen molar-refractivity contribution in [1.82, 2.24) is 4.90 Å². The van der Waals surface area contributed by atoms with Crippen LogP contribution in [0.25, 0.3) is 0 Å². The number of ether oxygens (including phenoxy) is 2. The van der Waals surface area contributed by atoms with Gasteiger partial charge in [-0.05, 0) is 19.9 Å². The van der Waals surface area contributed by atoms with Crippen molar-refractivity contribution in [2.75, 3.05) is 27.3 Å². The fourth-order valence-electron chi connectivity index (χ4n) is 1.85. The monoisotopic (exact) mass is 251 g/mol. The summed E-state index contributed by atoms with van der Waals surface area (Å²) in [5.74, 6) is 1.53. The first-order chi connectivity index (χ1) is 8.65. The van der Waals surface area contributed by atoms with Crippen LogP contribution in [0.3, 0.4) is 0 Å². The zero-order valence-corrected chi connectivity index (χ0v) is 11.5. The Morgan fingerprint density at radius 1 is 1.17 bits per heavy atom. The third-order valence-electron chi connectivity index (χ3n) is 2.95. The molecule has 0 saturated carbocycles. The molecule has 0 bridgehead atoms. The molecule has 18 heavy (non-hydrogen) atoms. The molecule has 0 spiro atoms. The van der Waals surface area contributed by atoms with E-state index in [2.05, 4.69) is 0 Å². The van der Waals surface area contributed by atoms with Gasteiger partial charge < -0.3 is 14.4 Å². The third-order valence-corrected chi connectivity index (χ3v) is 2.95. The average molecular weight is 251 g/mol. The Labute approximate surface area is 108 Å². The quantitative estimate of drug-likeness (QED) is 0.777. The number of carbonyl (C=O) groups is 1. The second-order valence-corrected chi connectivity index (χ2v) is 3.92. The van der Waals surface area contributed by atoms with Gasteiger partial charge in [0.25, 0.3) is 0 Å². The van der Waals surface area contributed by atoms with E-state index in [9.17, 15) is 4.79 Å². The molecule has 0 unspecified atom stereocenters. The van der Waals surface area contributed by atoms with Gasteiger partial charge in [0.05, 0.1) is 20.6 Å². The van der Waals surface area contributed by atoms with Gasteiger partial charge in [0.1, 0.15) is 11.5 Å². The lowest BCUT2D eigenvalue weighted by Gasteiger charge is -2.19. The summed E-state index contributed by atoms with van der Waals surface area (Å²) in [6, 6.07) is 5.51. The van der Waals surface area contributed by atoms with Gasteiger partial charge in [0.15, 0.2) is 0 Å². The topological polar surface area (TPSA) is 38.8 Å². The van der Waals surface area contributed by atoms with E-state index in [1.165, 1.54) is 0 Å². The molecule has 0 radical (unpaired) electrons. The fraction of sp³-hybridized carbons (Fsp3) is 0.500. The van der Waals surface area contributed by atoms with Crippen LogP contribution in [0.15, 0.2) is 18.2 Å².